The third-order valence-corrected chi connectivity index (χ3v) is 3.93. The number of nitrogens with zero attached hydrogens (tertiary/aromatic N) is 2. The summed E-state index contributed by atoms with van der Waals surface area (Å²) in [4.78, 5) is 20.5. The lowest BCUT2D eigenvalue weighted by atomic mass is 10.1. The molecule has 4 nitrogen and oxygen atoms in total. The third-order valence-electron chi connectivity index (χ3n) is 3.16. The molecule has 0 unspecified atom stereocenters. The van der Waals surface area contributed by atoms with Crippen molar-refractivity contribution in [1.82, 2.24) is 9.97 Å². The van der Waals surface area contributed by atoms with Gasteiger partial charge in [-0.15, -0.1) is 11.3 Å². The Bertz CT molecular complexity index is 823. The average Bonchev–Trinajstić information content (AvgIpc) is 3.01. The summed E-state index contributed by atoms with van der Waals surface area (Å²) in [7, 11) is 0. The zero-order valence-corrected chi connectivity index (χ0v) is 13.4. The van der Waals surface area contributed by atoms with Gasteiger partial charge in [0.1, 0.15) is 0 Å². The van der Waals surface area contributed by atoms with E-state index in [-0.39, 0.29) is 5.91 Å². The molecule has 3 aromatic rings. The van der Waals surface area contributed by atoms with Crippen LogP contribution in [0.2, 0.25) is 0 Å². The third kappa shape index (κ3) is 4.11. The van der Waals surface area contributed by atoms with Gasteiger partial charge in [-0.05, 0) is 37.3 Å². The summed E-state index contributed by atoms with van der Waals surface area (Å²) in [6, 6.07) is 13.2. The highest BCUT2D eigenvalue weighted by Gasteiger charge is 2.03. The van der Waals surface area contributed by atoms with Crippen LogP contribution in [0.4, 0.5) is 5.69 Å². The Morgan fingerprint density at radius 1 is 1.17 bits per heavy atom. The van der Waals surface area contributed by atoms with E-state index in [0.29, 0.717) is 0 Å². The van der Waals surface area contributed by atoms with Crippen molar-refractivity contribution in [2.75, 3.05) is 5.32 Å². The maximum atomic E-state index is 11.9. The molecule has 0 aliphatic heterocycles. The molecule has 114 valence electrons. The zero-order valence-electron chi connectivity index (χ0n) is 12.6. The molecule has 2 aromatic heterocycles. The molecule has 0 atom stereocenters. The molecule has 5 heteroatoms. The molecule has 23 heavy (non-hydrogen) atoms. The van der Waals surface area contributed by atoms with Crippen molar-refractivity contribution in [3.63, 3.8) is 0 Å². The van der Waals surface area contributed by atoms with Gasteiger partial charge < -0.3 is 5.32 Å². The van der Waals surface area contributed by atoms with E-state index in [2.05, 4.69) is 15.3 Å². The van der Waals surface area contributed by atoms with Crippen LogP contribution < -0.4 is 5.32 Å². The first-order chi connectivity index (χ1) is 11.2. The first-order valence-corrected chi connectivity index (χ1v) is 8.01. The summed E-state index contributed by atoms with van der Waals surface area (Å²) in [6.45, 7) is 1.98. The number of anilines is 1. The zero-order chi connectivity index (χ0) is 16.1. The molecule has 1 aromatic carbocycles. The maximum Gasteiger partial charge on any atom is 0.248 e. The number of thiazole rings is 1. The summed E-state index contributed by atoms with van der Waals surface area (Å²) >= 11 is 1.62. The number of nitrogens with one attached hydrogen (secondary N) is 1. The molecule has 1 N–H and O–H groups in total. The van der Waals surface area contributed by atoms with Gasteiger partial charge in [-0.3, -0.25) is 9.78 Å². The normalized spacial score (nSPS) is 10.8. The highest BCUT2D eigenvalue weighted by Crippen LogP contribution is 2.23. The van der Waals surface area contributed by atoms with Gasteiger partial charge in [-0.25, -0.2) is 4.98 Å². The first-order valence-electron chi connectivity index (χ1n) is 7.13. The number of carbonyl (C=O) groups excluding carboxylic acids is 1. The Morgan fingerprint density at radius 3 is 2.65 bits per heavy atom. The molecule has 0 aliphatic rings. The van der Waals surface area contributed by atoms with Crippen molar-refractivity contribution in [1.29, 1.82) is 0 Å². The minimum absolute atomic E-state index is 0.187. The average molecular weight is 321 g/mol. The van der Waals surface area contributed by atoms with Crippen LogP contribution in [0.3, 0.4) is 0 Å². The van der Waals surface area contributed by atoms with E-state index >= 15 is 0 Å². The molecule has 0 saturated heterocycles. The topological polar surface area (TPSA) is 54.9 Å². The van der Waals surface area contributed by atoms with Gasteiger partial charge in [-0.1, -0.05) is 18.2 Å². The molecular weight excluding hydrogens is 306 g/mol. The minimum atomic E-state index is -0.187. The van der Waals surface area contributed by atoms with Crippen molar-refractivity contribution in [2.45, 2.75) is 6.92 Å². The van der Waals surface area contributed by atoms with Crippen LogP contribution in [0, 0.1) is 6.92 Å². The standard InChI is InChI=1S/C18H15N3OS/c1-13-20-17(12-23-13)14-5-7-16(8-6-14)21-18(22)10-9-15-4-2-3-11-19-15/h2-12H,1H3,(H,21,22). The SMILES string of the molecule is Cc1nc(-c2ccc(NC(=O)C=Cc3ccccn3)cc2)cs1. The monoisotopic (exact) mass is 321 g/mol. The van der Waals surface area contributed by atoms with E-state index in [0.717, 1.165) is 27.6 Å². The molecule has 0 radical (unpaired) electrons. The lowest BCUT2D eigenvalue weighted by molar-refractivity contribution is -0.111. The van der Waals surface area contributed by atoms with E-state index in [9.17, 15) is 4.79 Å². The quantitative estimate of drug-likeness (QED) is 0.734. The molecule has 2 heterocycles. The van der Waals surface area contributed by atoms with E-state index in [1.54, 1.807) is 23.6 Å². The molecule has 0 aliphatic carbocycles. The van der Waals surface area contributed by atoms with Gasteiger partial charge >= 0.3 is 0 Å². The summed E-state index contributed by atoms with van der Waals surface area (Å²) < 4.78 is 0. The van der Waals surface area contributed by atoms with Crippen molar-refractivity contribution in [3.05, 3.63) is 70.8 Å². The number of rotatable bonds is 4. The van der Waals surface area contributed by atoms with Crippen LogP contribution in [0.25, 0.3) is 17.3 Å². The summed E-state index contributed by atoms with van der Waals surface area (Å²) in [5.41, 5.74) is 3.49. The molecule has 0 bridgehead atoms. The predicted molar refractivity (Wildman–Crippen MR) is 94.2 cm³/mol. The minimum Gasteiger partial charge on any atom is -0.323 e. The molecule has 0 fully saturated rings. The van der Waals surface area contributed by atoms with Crippen LogP contribution >= 0.6 is 11.3 Å². The Hall–Kier alpha value is -2.79. The van der Waals surface area contributed by atoms with Crippen LogP contribution in [0.15, 0.2) is 60.1 Å². The molecular formula is C18H15N3OS. The van der Waals surface area contributed by atoms with Crippen molar-refractivity contribution >= 4 is 29.0 Å². The predicted octanol–water partition coefficient (Wildman–Crippen LogP) is 4.17. The Labute approximate surface area is 138 Å². The number of hydrogen-bond acceptors (Lipinski definition) is 4. The fourth-order valence-electron chi connectivity index (χ4n) is 2.04. The second-order valence-corrected chi connectivity index (χ2v) is 5.97. The van der Waals surface area contributed by atoms with E-state index < -0.39 is 0 Å². The van der Waals surface area contributed by atoms with Crippen LogP contribution in [-0.4, -0.2) is 15.9 Å². The fraction of sp³-hybridized carbons (Fsp3) is 0.0556. The highest BCUT2D eigenvalue weighted by molar-refractivity contribution is 7.09. The van der Waals surface area contributed by atoms with Gasteiger partial charge in [0.2, 0.25) is 5.91 Å². The Kier molecular flexibility index (Phi) is 4.59. The fourth-order valence-corrected chi connectivity index (χ4v) is 2.66. The van der Waals surface area contributed by atoms with Crippen molar-refractivity contribution < 1.29 is 4.79 Å². The van der Waals surface area contributed by atoms with Crippen molar-refractivity contribution in [3.8, 4) is 11.3 Å². The number of aryl methyl sites for hydroxylation is 1. The maximum absolute atomic E-state index is 11.9. The molecule has 0 spiro atoms. The van der Waals surface area contributed by atoms with Crippen LogP contribution in [0.1, 0.15) is 10.7 Å². The number of pyridine rings is 1. The van der Waals surface area contributed by atoms with Gasteiger partial charge in [-0.2, -0.15) is 0 Å². The summed E-state index contributed by atoms with van der Waals surface area (Å²) in [5, 5.41) is 5.89. The summed E-state index contributed by atoms with van der Waals surface area (Å²) in [5.74, 6) is -0.187. The van der Waals surface area contributed by atoms with E-state index in [1.165, 1.54) is 6.08 Å². The van der Waals surface area contributed by atoms with E-state index in [1.807, 2.05) is 54.8 Å². The first kappa shape index (κ1) is 15.1. The van der Waals surface area contributed by atoms with Crippen LogP contribution in [0.5, 0.6) is 0 Å². The summed E-state index contributed by atoms with van der Waals surface area (Å²) in [6.07, 6.45) is 4.85. The Balaban J connectivity index is 1.64. The second kappa shape index (κ2) is 6.98. The van der Waals surface area contributed by atoms with Gasteiger partial charge in [0, 0.05) is 28.9 Å². The van der Waals surface area contributed by atoms with Gasteiger partial charge in [0.05, 0.1) is 16.4 Å². The largest absolute Gasteiger partial charge is 0.323 e. The van der Waals surface area contributed by atoms with Gasteiger partial charge in [0.25, 0.3) is 0 Å². The Morgan fingerprint density at radius 2 is 2.00 bits per heavy atom. The highest BCUT2D eigenvalue weighted by atomic mass is 32.1. The smallest absolute Gasteiger partial charge is 0.248 e. The number of carbonyl (C=O) groups is 1. The number of benzene rings is 1. The lowest BCUT2D eigenvalue weighted by Gasteiger charge is -2.03. The molecule has 1 amide bonds. The van der Waals surface area contributed by atoms with Crippen molar-refractivity contribution in [2.24, 2.45) is 0 Å². The number of hydrogen-bond donors (Lipinski definition) is 1. The van der Waals surface area contributed by atoms with Gasteiger partial charge in [0.15, 0.2) is 0 Å². The lowest BCUT2D eigenvalue weighted by Crippen LogP contribution is -2.07. The number of aromatic nitrogens is 2. The second-order valence-electron chi connectivity index (χ2n) is 4.91. The number of amides is 1. The van der Waals surface area contributed by atoms with Crippen LogP contribution in [-0.2, 0) is 4.79 Å². The molecule has 3 rings (SSSR count). The van der Waals surface area contributed by atoms with E-state index in [4.69, 9.17) is 0 Å². The molecule has 0 saturated carbocycles.